The van der Waals surface area contributed by atoms with Gasteiger partial charge in [-0.1, -0.05) is 43.7 Å². The molecule has 0 aliphatic carbocycles. The number of nitrogens with zero attached hydrogens (tertiary/aromatic N) is 1. The third-order valence-corrected chi connectivity index (χ3v) is 6.15. The van der Waals surface area contributed by atoms with Gasteiger partial charge in [-0.25, -0.2) is 0 Å². The second kappa shape index (κ2) is 8.58. The molecule has 0 bridgehead atoms. The summed E-state index contributed by atoms with van der Waals surface area (Å²) in [4.78, 5) is 15.4. The lowest BCUT2D eigenvalue weighted by Gasteiger charge is -2.48. The summed E-state index contributed by atoms with van der Waals surface area (Å²) in [7, 11) is 0. The van der Waals surface area contributed by atoms with Gasteiger partial charge in [0.25, 0.3) is 0 Å². The summed E-state index contributed by atoms with van der Waals surface area (Å²) in [6, 6.07) is 7.81. The van der Waals surface area contributed by atoms with Crippen LogP contribution in [0.25, 0.3) is 0 Å². The summed E-state index contributed by atoms with van der Waals surface area (Å²) in [6.07, 6.45) is 5.13. The smallest absolute Gasteiger partial charge is 0.226 e. The Hall–Kier alpha value is -1.32. The highest BCUT2D eigenvalue weighted by Crippen LogP contribution is 2.41. The van der Waals surface area contributed by atoms with Gasteiger partial charge in [0, 0.05) is 22.9 Å². The highest BCUT2D eigenvalue weighted by atomic mass is 35.5. The topological polar surface area (TPSA) is 40.5 Å². The van der Waals surface area contributed by atoms with Crippen LogP contribution in [0.5, 0.6) is 0 Å². The highest BCUT2D eigenvalue weighted by molar-refractivity contribution is 6.30. The van der Waals surface area contributed by atoms with Crippen LogP contribution < -0.4 is 0 Å². The van der Waals surface area contributed by atoms with Gasteiger partial charge in [-0.05, 0) is 57.2 Å². The molecular weight excluding hydrogens is 346 g/mol. The van der Waals surface area contributed by atoms with Crippen molar-refractivity contribution in [2.75, 3.05) is 0 Å². The van der Waals surface area contributed by atoms with Gasteiger partial charge in [0.1, 0.15) is 0 Å². The Morgan fingerprint density at radius 3 is 2.46 bits per heavy atom. The summed E-state index contributed by atoms with van der Waals surface area (Å²) in [5, 5.41) is 11.3. The molecule has 1 aromatic carbocycles. The van der Waals surface area contributed by atoms with E-state index in [1.165, 1.54) is 0 Å². The molecule has 144 valence electrons. The molecule has 0 spiro atoms. The first-order valence-corrected chi connectivity index (χ1v) is 9.99. The van der Waals surface area contributed by atoms with E-state index in [4.69, 9.17) is 11.6 Å². The molecular formula is C22H32ClNO2. The largest absolute Gasteiger partial charge is 0.390 e. The molecule has 1 aromatic rings. The van der Waals surface area contributed by atoms with E-state index in [1.807, 2.05) is 56.0 Å². The number of carbonyl (C=O) groups excluding carboxylic acids is 1. The Morgan fingerprint density at radius 1 is 1.35 bits per heavy atom. The number of piperidine rings is 1. The number of halogens is 1. The standard InChI is InChI=1S/C22H32ClNO2/c1-6-8-17-11-14-20(16-9-12-18(23)13-10-16)24(21(17)25)19(7-2)15(3)22(4,5)26/h6,9-10,12-13,15,17,19-20,26H,1,7-8,11,14H2,2-5H3/t15?,17?,19-,20-/m0/s1. The average molecular weight is 378 g/mol. The first kappa shape index (κ1) is 21.0. The molecule has 1 fully saturated rings. The molecule has 4 atom stereocenters. The molecule has 26 heavy (non-hydrogen) atoms. The molecule has 1 amide bonds. The maximum Gasteiger partial charge on any atom is 0.226 e. The minimum absolute atomic E-state index is 0.0147. The van der Waals surface area contributed by atoms with Crippen LogP contribution in [0.15, 0.2) is 36.9 Å². The van der Waals surface area contributed by atoms with Gasteiger partial charge in [0.15, 0.2) is 0 Å². The van der Waals surface area contributed by atoms with Crippen molar-refractivity contribution in [1.82, 2.24) is 4.90 Å². The molecule has 2 rings (SSSR count). The predicted molar refractivity (Wildman–Crippen MR) is 108 cm³/mol. The van der Waals surface area contributed by atoms with Gasteiger partial charge in [0.05, 0.1) is 11.6 Å². The van der Waals surface area contributed by atoms with E-state index in [0.29, 0.717) is 11.4 Å². The van der Waals surface area contributed by atoms with Gasteiger partial charge in [-0.3, -0.25) is 4.79 Å². The van der Waals surface area contributed by atoms with Crippen molar-refractivity contribution < 1.29 is 9.90 Å². The number of hydrogen-bond donors (Lipinski definition) is 1. The van der Waals surface area contributed by atoms with Crippen LogP contribution in [0.1, 0.15) is 65.0 Å². The fourth-order valence-electron chi connectivity index (χ4n) is 4.07. The Morgan fingerprint density at radius 2 is 1.96 bits per heavy atom. The van der Waals surface area contributed by atoms with E-state index in [9.17, 15) is 9.90 Å². The number of carbonyl (C=O) groups is 1. The molecule has 0 aromatic heterocycles. The van der Waals surface area contributed by atoms with Crippen LogP contribution in [0.4, 0.5) is 0 Å². The lowest BCUT2D eigenvalue weighted by atomic mass is 9.79. The van der Waals surface area contributed by atoms with Gasteiger partial charge < -0.3 is 10.0 Å². The van der Waals surface area contributed by atoms with Crippen molar-refractivity contribution in [3.05, 3.63) is 47.5 Å². The van der Waals surface area contributed by atoms with Gasteiger partial charge >= 0.3 is 0 Å². The Bertz CT molecular complexity index is 620. The van der Waals surface area contributed by atoms with Crippen molar-refractivity contribution in [2.24, 2.45) is 11.8 Å². The minimum Gasteiger partial charge on any atom is -0.390 e. The molecule has 2 unspecified atom stereocenters. The molecule has 0 radical (unpaired) electrons. The number of benzene rings is 1. The predicted octanol–water partition coefficient (Wildman–Crippen LogP) is 5.38. The van der Waals surface area contributed by atoms with Gasteiger partial charge in [-0.2, -0.15) is 0 Å². The summed E-state index contributed by atoms with van der Waals surface area (Å²) in [5.41, 5.74) is 0.262. The third-order valence-electron chi connectivity index (χ3n) is 5.90. The van der Waals surface area contributed by atoms with Crippen LogP contribution in [0, 0.1) is 11.8 Å². The Balaban J connectivity index is 2.43. The van der Waals surface area contributed by atoms with Crippen molar-refractivity contribution >= 4 is 17.5 Å². The molecule has 4 heteroatoms. The van der Waals surface area contributed by atoms with E-state index in [-0.39, 0.29) is 29.8 Å². The third kappa shape index (κ3) is 4.50. The zero-order valence-corrected chi connectivity index (χ0v) is 17.2. The molecule has 1 aliphatic heterocycles. The van der Waals surface area contributed by atoms with Crippen LogP contribution in [-0.2, 0) is 4.79 Å². The van der Waals surface area contributed by atoms with Crippen LogP contribution >= 0.6 is 11.6 Å². The van der Waals surface area contributed by atoms with Crippen molar-refractivity contribution in [3.8, 4) is 0 Å². The first-order chi connectivity index (χ1) is 12.2. The normalized spacial score (nSPS) is 23.6. The molecule has 1 N–H and O–H groups in total. The van der Waals surface area contributed by atoms with E-state index >= 15 is 0 Å². The number of hydrogen-bond acceptors (Lipinski definition) is 2. The van der Waals surface area contributed by atoms with Crippen LogP contribution in [-0.4, -0.2) is 27.6 Å². The summed E-state index contributed by atoms with van der Waals surface area (Å²) >= 11 is 6.06. The second-order valence-corrected chi connectivity index (χ2v) is 8.47. The Labute approximate surface area is 163 Å². The molecule has 1 heterocycles. The number of aliphatic hydroxyl groups is 1. The lowest BCUT2D eigenvalue weighted by Crippen LogP contribution is -2.54. The fraction of sp³-hybridized carbons (Fsp3) is 0.591. The molecule has 3 nitrogen and oxygen atoms in total. The number of likely N-dealkylation sites (tertiary alicyclic amines) is 1. The summed E-state index contributed by atoms with van der Waals surface area (Å²) in [5.74, 6) is 0.131. The van der Waals surface area contributed by atoms with Crippen molar-refractivity contribution in [1.29, 1.82) is 0 Å². The maximum absolute atomic E-state index is 13.4. The van der Waals surface area contributed by atoms with Crippen LogP contribution in [0.2, 0.25) is 5.02 Å². The van der Waals surface area contributed by atoms with Gasteiger partial charge in [-0.15, -0.1) is 6.58 Å². The second-order valence-electron chi connectivity index (χ2n) is 8.03. The SMILES string of the molecule is C=CCC1CC[C@@H](c2ccc(Cl)cc2)N([C@@H](CC)C(C)C(C)(C)O)C1=O. The van der Waals surface area contributed by atoms with Crippen LogP contribution in [0.3, 0.4) is 0 Å². The molecule has 0 saturated carbocycles. The number of rotatable bonds is 7. The number of amides is 1. The van der Waals surface area contributed by atoms with E-state index in [0.717, 1.165) is 24.8 Å². The van der Waals surface area contributed by atoms with E-state index in [2.05, 4.69) is 13.5 Å². The summed E-state index contributed by atoms with van der Waals surface area (Å²) < 4.78 is 0. The average Bonchev–Trinajstić information content (AvgIpc) is 2.59. The zero-order valence-electron chi connectivity index (χ0n) is 16.4. The van der Waals surface area contributed by atoms with Crippen molar-refractivity contribution in [2.45, 2.75) is 71.1 Å². The lowest BCUT2D eigenvalue weighted by molar-refractivity contribution is -0.150. The first-order valence-electron chi connectivity index (χ1n) is 9.61. The summed E-state index contributed by atoms with van der Waals surface area (Å²) in [6.45, 7) is 11.6. The fourth-order valence-corrected chi connectivity index (χ4v) is 4.20. The quantitative estimate of drug-likeness (QED) is 0.648. The van der Waals surface area contributed by atoms with Crippen molar-refractivity contribution in [3.63, 3.8) is 0 Å². The number of allylic oxidation sites excluding steroid dienone is 1. The monoisotopic (exact) mass is 377 g/mol. The molecule has 1 saturated heterocycles. The maximum atomic E-state index is 13.4. The Kier molecular flexibility index (Phi) is 6.92. The van der Waals surface area contributed by atoms with E-state index < -0.39 is 5.60 Å². The zero-order chi connectivity index (χ0) is 19.5. The molecule has 1 aliphatic rings. The van der Waals surface area contributed by atoms with Gasteiger partial charge in [0.2, 0.25) is 5.91 Å². The minimum atomic E-state index is -0.850. The van der Waals surface area contributed by atoms with E-state index in [1.54, 1.807) is 0 Å². The highest BCUT2D eigenvalue weighted by Gasteiger charge is 2.43.